The summed E-state index contributed by atoms with van der Waals surface area (Å²) in [6.45, 7) is 10.5. The van der Waals surface area contributed by atoms with E-state index in [-0.39, 0.29) is 23.2 Å². The molecule has 0 atom stereocenters. The molecule has 2 aromatic rings. The van der Waals surface area contributed by atoms with Gasteiger partial charge >= 0.3 is 5.97 Å². The van der Waals surface area contributed by atoms with Crippen molar-refractivity contribution in [2.24, 2.45) is 0 Å². The summed E-state index contributed by atoms with van der Waals surface area (Å²) in [6, 6.07) is 5.48. The number of carbonyl (C=O) groups excluding carboxylic acids is 2. The summed E-state index contributed by atoms with van der Waals surface area (Å²) in [5, 5.41) is 5.55. The van der Waals surface area contributed by atoms with Crippen LogP contribution >= 0.6 is 11.3 Å². The van der Waals surface area contributed by atoms with Crippen LogP contribution in [-0.4, -0.2) is 24.0 Å². The predicted octanol–water partition coefficient (Wildman–Crippen LogP) is 3.45. The van der Waals surface area contributed by atoms with Crippen LogP contribution in [-0.2, 0) is 16.7 Å². The van der Waals surface area contributed by atoms with Crippen molar-refractivity contribution >= 4 is 28.2 Å². The second-order valence-electron chi connectivity index (χ2n) is 8.33. The quantitative estimate of drug-likeness (QED) is 0.766. The molecule has 1 aromatic heterocycles. The number of halogens is 1. The molecule has 0 saturated carbocycles. The third kappa shape index (κ3) is 3.95. The number of esters is 1. The fraction of sp³-hybridized carbons (Fsp3) is 0.429. The van der Waals surface area contributed by atoms with E-state index in [0.29, 0.717) is 17.0 Å². The smallest absolute Gasteiger partial charge is 0.341 e. The molecule has 5 nitrogen and oxygen atoms in total. The molecule has 0 saturated heterocycles. The Bertz CT molecular complexity index is 934. The Morgan fingerprint density at radius 3 is 2.64 bits per heavy atom. The topological polar surface area (TPSA) is 72.0 Å². The number of benzene rings is 1. The number of hydrogen-bond acceptors (Lipinski definition) is 4. The number of amides is 1. The maximum Gasteiger partial charge on any atom is 0.341 e. The van der Waals surface area contributed by atoms with Gasteiger partial charge in [-0.05, 0) is 58.4 Å². The molecule has 7 heteroatoms. The monoisotopic (exact) mass is 405 g/mol. The lowest BCUT2D eigenvalue weighted by Gasteiger charge is -2.38. The molecular formula is C21H26FN2O3S+. The van der Waals surface area contributed by atoms with Crippen LogP contribution in [0.1, 0.15) is 65.8 Å². The summed E-state index contributed by atoms with van der Waals surface area (Å²) < 4.78 is 18.8. The Labute approximate surface area is 168 Å². The molecule has 1 aliphatic heterocycles. The highest BCUT2D eigenvalue weighted by Gasteiger charge is 2.45. The van der Waals surface area contributed by atoms with Gasteiger partial charge in [0.1, 0.15) is 16.4 Å². The zero-order valence-corrected chi connectivity index (χ0v) is 17.6. The van der Waals surface area contributed by atoms with Crippen LogP contribution in [0.25, 0.3) is 0 Å². The van der Waals surface area contributed by atoms with Crippen molar-refractivity contribution in [3.8, 4) is 0 Å². The van der Waals surface area contributed by atoms with Crippen LogP contribution in [0.4, 0.5) is 9.39 Å². The van der Waals surface area contributed by atoms with Crippen LogP contribution in [0, 0.1) is 5.82 Å². The highest BCUT2D eigenvalue weighted by molar-refractivity contribution is 7.17. The lowest BCUT2D eigenvalue weighted by molar-refractivity contribution is -0.789. The maximum absolute atomic E-state index is 13.5. The minimum atomic E-state index is -0.485. The number of nitrogens with two attached hydrogens (primary N) is 1. The molecule has 28 heavy (non-hydrogen) atoms. The standard InChI is InChI=1S/C21H25FN2O3S/c1-6-27-19(26)15-14-11-20(2,3)24-21(4,5)16(14)28-18(15)23-17(25)12-8-7-9-13(22)10-12/h7-10,24H,6,11H2,1-5H3,(H,23,25)/p+1. The Balaban J connectivity index is 2.07. The van der Waals surface area contributed by atoms with Gasteiger partial charge in [-0.25, -0.2) is 9.18 Å². The molecule has 2 heterocycles. The molecule has 1 aromatic carbocycles. The van der Waals surface area contributed by atoms with Crippen LogP contribution in [0.3, 0.4) is 0 Å². The summed E-state index contributed by atoms with van der Waals surface area (Å²) in [4.78, 5) is 26.5. The molecule has 0 fully saturated rings. The molecule has 0 spiro atoms. The van der Waals surface area contributed by atoms with E-state index in [9.17, 15) is 14.0 Å². The van der Waals surface area contributed by atoms with E-state index < -0.39 is 17.7 Å². The van der Waals surface area contributed by atoms with Crippen LogP contribution in [0.15, 0.2) is 24.3 Å². The lowest BCUT2D eigenvalue weighted by Crippen LogP contribution is -3.03. The van der Waals surface area contributed by atoms with Crippen molar-refractivity contribution in [1.29, 1.82) is 0 Å². The van der Waals surface area contributed by atoms with Crippen molar-refractivity contribution in [3.63, 3.8) is 0 Å². The molecule has 0 radical (unpaired) electrons. The number of rotatable bonds is 4. The summed E-state index contributed by atoms with van der Waals surface area (Å²) >= 11 is 1.39. The molecule has 3 N–H and O–H groups in total. The molecule has 1 aliphatic rings. The van der Waals surface area contributed by atoms with Gasteiger partial charge in [0.25, 0.3) is 5.91 Å². The molecule has 3 rings (SSSR count). The van der Waals surface area contributed by atoms with E-state index >= 15 is 0 Å². The van der Waals surface area contributed by atoms with Gasteiger partial charge in [0.2, 0.25) is 0 Å². The highest BCUT2D eigenvalue weighted by Crippen LogP contribution is 2.42. The fourth-order valence-corrected chi connectivity index (χ4v) is 5.29. The Kier molecular flexibility index (Phi) is 5.34. The largest absolute Gasteiger partial charge is 0.462 e. The van der Waals surface area contributed by atoms with Gasteiger partial charge in [-0.3, -0.25) is 4.79 Å². The highest BCUT2D eigenvalue weighted by atomic mass is 32.1. The number of thiophene rings is 1. The predicted molar refractivity (Wildman–Crippen MR) is 107 cm³/mol. The zero-order chi connectivity index (χ0) is 20.7. The number of carbonyl (C=O) groups is 2. The Hall–Kier alpha value is -2.25. The minimum Gasteiger partial charge on any atom is -0.462 e. The lowest BCUT2D eigenvalue weighted by atomic mass is 9.81. The fourth-order valence-electron chi connectivity index (χ4n) is 4.02. The number of ether oxygens (including phenoxy) is 1. The molecule has 150 valence electrons. The van der Waals surface area contributed by atoms with Crippen molar-refractivity contribution in [2.45, 2.75) is 52.1 Å². The Morgan fingerprint density at radius 2 is 2.00 bits per heavy atom. The van der Waals surface area contributed by atoms with E-state index in [0.717, 1.165) is 10.4 Å². The summed E-state index contributed by atoms with van der Waals surface area (Å²) in [7, 11) is 0. The van der Waals surface area contributed by atoms with Gasteiger partial charge in [-0.1, -0.05) is 6.07 Å². The van der Waals surface area contributed by atoms with Crippen LogP contribution < -0.4 is 10.6 Å². The van der Waals surface area contributed by atoms with E-state index in [1.54, 1.807) is 6.92 Å². The second-order valence-corrected chi connectivity index (χ2v) is 9.35. The van der Waals surface area contributed by atoms with Gasteiger partial charge in [0, 0.05) is 12.0 Å². The SMILES string of the molecule is CCOC(=O)c1c(NC(=O)c2cccc(F)c2)sc2c1CC(C)(C)[NH2+]C2(C)C. The summed E-state index contributed by atoms with van der Waals surface area (Å²) in [6.07, 6.45) is 0.687. The van der Waals surface area contributed by atoms with Crippen LogP contribution in [0.2, 0.25) is 0 Å². The van der Waals surface area contributed by atoms with E-state index in [1.165, 1.54) is 35.6 Å². The van der Waals surface area contributed by atoms with Gasteiger partial charge in [0.15, 0.2) is 0 Å². The van der Waals surface area contributed by atoms with Crippen LogP contribution in [0.5, 0.6) is 0 Å². The molecular weight excluding hydrogens is 379 g/mol. The third-order valence-electron chi connectivity index (χ3n) is 4.77. The first-order valence-electron chi connectivity index (χ1n) is 9.31. The zero-order valence-electron chi connectivity index (χ0n) is 16.8. The Morgan fingerprint density at radius 1 is 1.29 bits per heavy atom. The summed E-state index contributed by atoms with van der Waals surface area (Å²) in [5.41, 5.74) is 1.21. The second kappa shape index (κ2) is 7.29. The molecule has 0 unspecified atom stereocenters. The van der Waals surface area contributed by atoms with Crippen molar-refractivity contribution in [1.82, 2.24) is 0 Å². The number of quaternary nitrogens is 1. The number of anilines is 1. The first kappa shape index (κ1) is 20.5. The average molecular weight is 406 g/mol. The normalized spacial score (nSPS) is 16.9. The van der Waals surface area contributed by atoms with Gasteiger partial charge < -0.3 is 15.4 Å². The molecule has 0 bridgehead atoms. The van der Waals surface area contributed by atoms with Gasteiger partial charge in [-0.2, -0.15) is 0 Å². The van der Waals surface area contributed by atoms with Gasteiger partial charge in [0.05, 0.1) is 22.6 Å². The van der Waals surface area contributed by atoms with Crippen molar-refractivity contribution < 1.29 is 24.0 Å². The maximum atomic E-state index is 13.5. The molecule has 1 amide bonds. The average Bonchev–Trinajstić information content (AvgIpc) is 2.92. The van der Waals surface area contributed by atoms with Crippen molar-refractivity contribution in [3.05, 3.63) is 51.7 Å². The number of fused-ring (bicyclic) bond motifs is 1. The van der Waals surface area contributed by atoms with E-state index in [1.807, 2.05) is 0 Å². The van der Waals surface area contributed by atoms with Crippen molar-refractivity contribution in [2.75, 3.05) is 11.9 Å². The number of nitrogens with one attached hydrogen (secondary N) is 1. The molecule has 0 aliphatic carbocycles. The first-order valence-corrected chi connectivity index (χ1v) is 10.1. The number of hydrogen-bond donors (Lipinski definition) is 2. The first-order chi connectivity index (χ1) is 13.0. The third-order valence-corrected chi connectivity index (χ3v) is 6.26. The summed E-state index contributed by atoms with van der Waals surface area (Å²) in [5.74, 6) is -1.38. The van der Waals surface area contributed by atoms with E-state index in [4.69, 9.17) is 4.74 Å². The minimum absolute atomic E-state index is 0.0946. The van der Waals surface area contributed by atoms with E-state index in [2.05, 4.69) is 38.3 Å². The van der Waals surface area contributed by atoms with Gasteiger partial charge in [-0.15, -0.1) is 11.3 Å².